The molecule has 78 valence electrons. The van der Waals surface area contributed by atoms with Crippen molar-refractivity contribution in [3.63, 3.8) is 0 Å². The number of phenols is 1. The van der Waals surface area contributed by atoms with E-state index < -0.39 is 5.82 Å². The molecule has 1 aromatic carbocycles. The van der Waals surface area contributed by atoms with Crippen molar-refractivity contribution in [2.45, 2.75) is 0 Å². The van der Waals surface area contributed by atoms with Crippen LogP contribution in [0.3, 0.4) is 0 Å². The minimum atomic E-state index is -0.708. The number of aromatic hydroxyl groups is 1. The van der Waals surface area contributed by atoms with E-state index in [9.17, 15) is 4.39 Å². The highest BCUT2D eigenvalue weighted by atomic mass is 35.5. The topological polar surface area (TPSA) is 74.9 Å². The van der Waals surface area contributed by atoms with E-state index in [-0.39, 0.29) is 22.2 Å². The Bertz CT molecular complexity index is 512. The van der Waals surface area contributed by atoms with E-state index in [1.165, 1.54) is 18.2 Å². The number of H-pyrrole nitrogens is 1. The Morgan fingerprint density at radius 2 is 2.20 bits per heavy atom. The largest absolute Gasteiger partial charge is 0.506 e. The van der Waals surface area contributed by atoms with Crippen LogP contribution in [0.5, 0.6) is 5.75 Å². The minimum absolute atomic E-state index is 0.210. The van der Waals surface area contributed by atoms with E-state index in [1.54, 1.807) is 0 Å². The van der Waals surface area contributed by atoms with E-state index in [1.807, 2.05) is 0 Å². The first-order valence-corrected chi connectivity index (χ1v) is 4.45. The first kappa shape index (κ1) is 9.79. The van der Waals surface area contributed by atoms with E-state index in [4.69, 9.17) is 22.4 Å². The van der Waals surface area contributed by atoms with Gasteiger partial charge in [-0.1, -0.05) is 11.6 Å². The molecule has 0 unspecified atom stereocenters. The zero-order valence-electron chi connectivity index (χ0n) is 7.46. The summed E-state index contributed by atoms with van der Waals surface area (Å²) in [5.74, 6) is -0.751. The van der Waals surface area contributed by atoms with Crippen LogP contribution in [0.15, 0.2) is 18.2 Å². The number of aromatic amines is 1. The van der Waals surface area contributed by atoms with Gasteiger partial charge in [0.15, 0.2) is 5.82 Å². The maximum atomic E-state index is 13.6. The second-order valence-electron chi connectivity index (χ2n) is 2.97. The van der Waals surface area contributed by atoms with Gasteiger partial charge in [0.2, 0.25) is 0 Å². The van der Waals surface area contributed by atoms with Gasteiger partial charge in [0.25, 0.3) is 0 Å². The summed E-state index contributed by atoms with van der Waals surface area (Å²) < 4.78 is 13.6. The molecule has 0 bridgehead atoms. The number of phenolic OH excluding ortho intramolecular Hbond substituents is 1. The van der Waals surface area contributed by atoms with Gasteiger partial charge in [0.1, 0.15) is 16.6 Å². The smallest absolute Gasteiger partial charge is 0.154 e. The standard InChI is InChI=1S/C9H7ClFN3O/c10-8-6(15)2-1-4(9(8)11)5-3-7(12)14-13-5/h1-3,15H,(H3,12,13,14). The molecule has 1 heterocycles. The molecule has 15 heavy (non-hydrogen) atoms. The summed E-state index contributed by atoms with van der Waals surface area (Å²) in [6, 6.07) is 4.17. The Hall–Kier alpha value is -1.75. The molecule has 4 nitrogen and oxygen atoms in total. The summed E-state index contributed by atoms with van der Waals surface area (Å²) >= 11 is 5.55. The highest BCUT2D eigenvalue weighted by Gasteiger charge is 2.13. The van der Waals surface area contributed by atoms with Gasteiger partial charge < -0.3 is 10.8 Å². The lowest BCUT2D eigenvalue weighted by Gasteiger charge is -2.03. The molecular formula is C9H7ClFN3O. The average Bonchev–Trinajstić information content (AvgIpc) is 2.61. The molecule has 6 heteroatoms. The third-order valence-electron chi connectivity index (χ3n) is 1.95. The average molecular weight is 228 g/mol. The lowest BCUT2D eigenvalue weighted by atomic mass is 10.1. The maximum Gasteiger partial charge on any atom is 0.154 e. The SMILES string of the molecule is Nc1cc(-c2ccc(O)c(Cl)c2F)[nH]n1. The van der Waals surface area contributed by atoms with Crippen molar-refractivity contribution >= 4 is 17.4 Å². The molecular weight excluding hydrogens is 221 g/mol. The van der Waals surface area contributed by atoms with Gasteiger partial charge in [-0.05, 0) is 12.1 Å². The third kappa shape index (κ3) is 1.61. The molecule has 0 fully saturated rings. The highest BCUT2D eigenvalue weighted by Crippen LogP contribution is 2.33. The van der Waals surface area contributed by atoms with Crippen molar-refractivity contribution in [3.05, 3.63) is 29.0 Å². The molecule has 1 aromatic heterocycles. The summed E-state index contributed by atoms with van der Waals surface area (Å²) in [4.78, 5) is 0. The van der Waals surface area contributed by atoms with Crippen molar-refractivity contribution < 1.29 is 9.50 Å². The molecule has 0 aliphatic rings. The third-order valence-corrected chi connectivity index (χ3v) is 2.31. The van der Waals surface area contributed by atoms with Gasteiger partial charge in [-0.25, -0.2) is 4.39 Å². The van der Waals surface area contributed by atoms with Crippen molar-refractivity contribution in [2.24, 2.45) is 0 Å². The Labute approximate surface area is 89.5 Å². The molecule has 0 amide bonds. The van der Waals surface area contributed by atoms with Gasteiger partial charge in [0.05, 0.1) is 5.69 Å². The van der Waals surface area contributed by atoms with Crippen LogP contribution < -0.4 is 5.73 Å². The van der Waals surface area contributed by atoms with E-state index in [2.05, 4.69) is 10.2 Å². The number of hydrogen-bond donors (Lipinski definition) is 3. The number of nitrogens with two attached hydrogens (primary N) is 1. The summed E-state index contributed by atoms with van der Waals surface area (Å²) in [5, 5.41) is 15.1. The van der Waals surface area contributed by atoms with Gasteiger partial charge in [-0.2, -0.15) is 5.10 Å². The normalized spacial score (nSPS) is 10.5. The van der Waals surface area contributed by atoms with Gasteiger partial charge in [0, 0.05) is 11.6 Å². The molecule has 4 N–H and O–H groups in total. The summed E-state index contributed by atoms with van der Waals surface area (Å²) in [7, 11) is 0. The zero-order chi connectivity index (χ0) is 11.0. The lowest BCUT2D eigenvalue weighted by Crippen LogP contribution is -1.86. The number of halogens is 2. The van der Waals surface area contributed by atoms with Crippen molar-refractivity contribution in [2.75, 3.05) is 5.73 Å². The molecule has 2 rings (SSSR count). The van der Waals surface area contributed by atoms with Crippen LogP contribution in [0.2, 0.25) is 5.02 Å². The number of anilines is 1. The molecule has 0 aliphatic heterocycles. The molecule has 0 spiro atoms. The highest BCUT2D eigenvalue weighted by molar-refractivity contribution is 6.32. The number of rotatable bonds is 1. The molecule has 0 radical (unpaired) electrons. The first-order chi connectivity index (χ1) is 7.09. The van der Waals surface area contributed by atoms with Gasteiger partial charge in [-0.3, -0.25) is 5.10 Å². The monoisotopic (exact) mass is 227 g/mol. The van der Waals surface area contributed by atoms with E-state index in [0.717, 1.165) is 0 Å². The summed E-state index contributed by atoms with van der Waals surface area (Å²) in [5.41, 5.74) is 6.01. The Morgan fingerprint density at radius 3 is 2.80 bits per heavy atom. The summed E-state index contributed by atoms with van der Waals surface area (Å²) in [6.45, 7) is 0. The number of hydrogen-bond acceptors (Lipinski definition) is 3. The Morgan fingerprint density at radius 1 is 1.47 bits per heavy atom. The van der Waals surface area contributed by atoms with Crippen LogP contribution in [0.4, 0.5) is 10.2 Å². The number of aromatic nitrogens is 2. The molecule has 2 aromatic rings. The van der Waals surface area contributed by atoms with Crippen LogP contribution in [0, 0.1) is 5.82 Å². The molecule has 0 saturated heterocycles. The van der Waals surface area contributed by atoms with Crippen molar-refractivity contribution in [1.82, 2.24) is 10.2 Å². The fraction of sp³-hybridized carbons (Fsp3) is 0. The quantitative estimate of drug-likeness (QED) is 0.699. The number of nitrogens with one attached hydrogen (secondary N) is 1. The second kappa shape index (κ2) is 3.43. The molecule has 0 atom stereocenters. The lowest BCUT2D eigenvalue weighted by molar-refractivity contribution is 0.470. The number of nitrogens with zero attached hydrogens (tertiary/aromatic N) is 1. The van der Waals surface area contributed by atoms with Crippen LogP contribution in [-0.2, 0) is 0 Å². The fourth-order valence-corrected chi connectivity index (χ4v) is 1.39. The maximum absolute atomic E-state index is 13.6. The Kier molecular flexibility index (Phi) is 2.24. The predicted molar refractivity (Wildman–Crippen MR) is 55.1 cm³/mol. The van der Waals surface area contributed by atoms with E-state index in [0.29, 0.717) is 5.69 Å². The van der Waals surface area contributed by atoms with Crippen LogP contribution in [0.1, 0.15) is 0 Å². The van der Waals surface area contributed by atoms with Crippen LogP contribution in [-0.4, -0.2) is 15.3 Å². The number of nitrogen functional groups attached to an aromatic ring is 1. The van der Waals surface area contributed by atoms with Gasteiger partial charge >= 0.3 is 0 Å². The first-order valence-electron chi connectivity index (χ1n) is 4.08. The fourth-order valence-electron chi connectivity index (χ4n) is 1.22. The second-order valence-corrected chi connectivity index (χ2v) is 3.34. The predicted octanol–water partition coefficient (Wildman–Crippen LogP) is 2.16. The molecule has 0 saturated carbocycles. The Balaban J connectivity index is 2.59. The van der Waals surface area contributed by atoms with Gasteiger partial charge in [-0.15, -0.1) is 0 Å². The number of benzene rings is 1. The zero-order valence-corrected chi connectivity index (χ0v) is 8.22. The summed E-state index contributed by atoms with van der Waals surface area (Å²) in [6.07, 6.45) is 0. The van der Waals surface area contributed by atoms with E-state index >= 15 is 0 Å². The van der Waals surface area contributed by atoms with Crippen molar-refractivity contribution in [1.29, 1.82) is 0 Å². The van der Waals surface area contributed by atoms with Crippen molar-refractivity contribution in [3.8, 4) is 17.0 Å². The van der Waals surface area contributed by atoms with Crippen LogP contribution in [0.25, 0.3) is 11.3 Å². The molecule has 0 aliphatic carbocycles. The van der Waals surface area contributed by atoms with Crippen LogP contribution >= 0.6 is 11.6 Å². The minimum Gasteiger partial charge on any atom is -0.506 e.